The topological polar surface area (TPSA) is 85.2 Å². The summed E-state index contributed by atoms with van der Waals surface area (Å²) >= 11 is 1.18. The second-order valence-corrected chi connectivity index (χ2v) is 3.54. The second-order valence-electron chi connectivity index (χ2n) is 2.66. The van der Waals surface area contributed by atoms with Gasteiger partial charge in [-0.25, -0.2) is 4.79 Å². The van der Waals surface area contributed by atoms with Gasteiger partial charge in [-0.3, -0.25) is 10.1 Å². The van der Waals surface area contributed by atoms with Crippen molar-refractivity contribution in [2.75, 3.05) is 7.05 Å². The van der Waals surface area contributed by atoms with Crippen LogP contribution in [0.5, 0.6) is 0 Å². The summed E-state index contributed by atoms with van der Waals surface area (Å²) < 4.78 is 2.71. The van der Waals surface area contributed by atoms with Crippen LogP contribution in [-0.4, -0.2) is 24.1 Å². The minimum absolute atomic E-state index is 0.167. The maximum Gasteiger partial charge on any atom is 0.335 e. The van der Waals surface area contributed by atoms with E-state index < -0.39 is 5.97 Å². The van der Waals surface area contributed by atoms with Gasteiger partial charge in [0.05, 0.1) is 5.56 Å². The Hall–Kier alpha value is -1.69. The molecule has 4 N–H and O–H groups in total. The molecule has 0 unspecified atom stereocenters. The fourth-order valence-electron chi connectivity index (χ4n) is 0.854. The van der Waals surface area contributed by atoms with E-state index in [1.807, 2.05) is 0 Å². The molecule has 0 saturated carbocycles. The number of carbonyl (C=O) groups is 1. The molecular weight excluding hydrogens is 214 g/mol. The molecule has 0 fully saturated rings. The zero-order valence-electron chi connectivity index (χ0n) is 8.07. The van der Waals surface area contributed by atoms with E-state index in [9.17, 15) is 4.79 Å². The molecular formula is C9H11N3O2S. The molecule has 0 radical (unpaired) electrons. The van der Waals surface area contributed by atoms with Crippen LogP contribution in [-0.2, 0) is 0 Å². The standard InChI is InChI=1S/C9H11N3O2S/c1-11-9(10)12-15-7-4-2-3-6(5-7)8(13)14/h2-5H,1H3,(H,13,14)(H3,10,11,12). The summed E-state index contributed by atoms with van der Waals surface area (Å²) in [5.74, 6) is -0.790. The highest BCUT2D eigenvalue weighted by atomic mass is 32.2. The minimum Gasteiger partial charge on any atom is -0.478 e. The van der Waals surface area contributed by atoms with E-state index in [0.717, 1.165) is 4.90 Å². The summed E-state index contributed by atoms with van der Waals surface area (Å²) in [6.07, 6.45) is 0. The molecule has 1 rings (SSSR count). The normalized spacial score (nSPS) is 9.40. The van der Waals surface area contributed by atoms with E-state index in [-0.39, 0.29) is 11.5 Å². The quantitative estimate of drug-likeness (QED) is 0.352. The molecule has 0 aliphatic heterocycles. The van der Waals surface area contributed by atoms with Crippen LogP contribution in [0, 0.1) is 5.41 Å². The second kappa shape index (κ2) is 5.26. The largest absolute Gasteiger partial charge is 0.478 e. The van der Waals surface area contributed by atoms with Crippen molar-refractivity contribution in [1.29, 1.82) is 5.41 Å². The van der Waals surface area contributed by atoms with Crippen LogP contribution >= 0.6 is 11.9 Å². The van der Waals surface area contributed by atoms with Gasteiger partial charge in [-0.05, 0) is 30.1 Å². The lowest BCUT2D eigenvalue weighted by atomic mass is 10.2. The lowest BCUT2D eigenvalue weighted by molar-refractivity contribution is 0.0696. The number of nitrogens with one attached hydrogen (secondary N) is 3. The number of guanidine groups is 1. The van der Waals surface area contributed by atoms with E-state index in [1.165, 1.54) is 18.0 Å². The van der Waals surface area contributed by atoms with Crippen molar-refractivity contribution in [3.63, 3.8) is 0 Å². The molecule has 0 spiro atoms. The molecule has 80 valence electrons. The predicted octanol–water partition coefficient (Wildman–Crippen LogP) is 1.14. The van der Waals surface area contributed by atoms with Crippen LogP contribution in [0.2, 0.25) is 0 Å². The van der Waals surface area contributed by atoms with Crippen LogP contribution < -0.4 is 10.0 Å². The first-order valence-corrected chi connectivity index (χ1v) is 4.97. The Bertz CT molecular complexity index is 381. The molecule has 1 aromatic carbocycles. The van der Waals surface area contributed by atoms with Crippen molar-refractivity contribution < 1.29 is 9.90 Å². The number of carboxylic acids is 1. The molecule has 0 saturated heterocycles. The average Bonchev–Trinajstić information content (AvgIpc) is 2.26. The number of hydrogen-bond donors (Lipinski definition) is 4. The summed E-state index contributed by atoms with van der Waals surface area (Å²) in [6, 6.07) is 6.50. The van der Waals surface area contributed by atoms with E-state index in [1.54, 1.807) is 25.2 Å². The molecule has 5 nitrogen and oxygen atoms in total. The highest BCUT2D eigenvalue weighted by Gasteiger charge is 2.03. The average molecular weight is 225 g/mol. The van der Waals surface area contributed by atoms with Gasteiger partial charge < -0.3 is 10.4 Å². The third-order valence-electron chi connectivity index (χ3n) is 1.60. The van der Waals surface area contributed by atoms with Crippen LogP contribution in [0.4, 0.5) is 0 Å². The number of benzene rings is 1. The number of aromatic carboxylic acids is 1. The third kappa shape index (κ3) is 3.51. The van der Waals surface area contributed by atoms with Gasteiger partial charge in [-0.2, -0.15) is 0 Å². The van der Waals surface area contributed by atoms with Crippen LogP contribution in [0.15, 0.2) is 29.2 Å². The van der Waals surface area contributed by atoms with E-state index in [4.69, 9.17) is 10.5 Å². The first-order chi connectivity index (χ1) is 7.13. The van der Waals surface area contributed by atoms with Gasteiger partial charge in [0.1, 0.15) is 0 Å². The van der Waals surface area contributed by atoms with Crippen molar-refractivity contribution in [2.45, 2.75) is 4.90 Å². The first kappa shape index (κ1) is 11.4. The van der Waals surface area contributed by atoms with Crippen molar-refractivity contribution in [2.24, 2.45) is 0 Å². The van der Waals surface area contributed by atoms with Gasteiger partial charge in [-0.15, -0.1) is 0 Å². The van der Waals surface area contributed by atoms with Crippen LogP contribution in [0.3, 0.4) is 0 Å². The molecule has 6 heteroatoms. The summed E-state index contributed by atoms with van der Waals surface area (Å²) in [6.45, 7) is 0. The molecule has 1 aromatic rings. The van der Waals surface area contributed by atoms with Gasteiger partial charge in [0, 0.05) is 11.9 Å². The fraction of sp³-hybridized carbons (Fsp3) is 0.111. The highest BCUT2D eigenvalue weighted by Crippen LogP contribution is 2.15. The fourth-order valence-corrected chi connectivity index (χ4v) is 1.51. The Balaban J connectivity index is 2.66. The summed E-state index contributed by atoms with van der Waals surface area (Å²) in [7, 11) is 1.63. The monoisotopic (exact) mass is 225 g/mol. The Morgan fingerprint density at radius 2 is 2.27 bits per heavy atom. The number of hydrogen-bond acceptors (Lipinski definition) is 3. The van der Waals surface area contributed by atoms with E-state index in [0.29, 0.717) is 0 Å². The van der Waals surface area contributed by atoms with Crippen molar-refractivity contribution in [3.8, 4) is 0 Å². The third-order valence-corrected chi connectivity index (χ3v) is 2.40. The van der Waals surface area contributed by atoms with E-state index in [2.05, 4.69) is 10.0 Å². The van der Waals surface area contributed by atoms with Gasteiger partial charge in [0.2, 0.25) is 0 Å². The van der Waals surface area contributed by atoms with Crippen LogP contribution in [0.1, 0.15) is 10.4 Å². The van der Waals surface area contributed by atoms with Crippen LogP contribution in [0.25, 0.3) is 0 Å². The molecule has 0 aliphatic rings. The molecule has 0 aliphatic carbocycles. The summed E-state index contributed by atoms with van der Waals surface area (Å²) in [4.78, 5) is 11.4. The number of rotatable bonds is 3. The zero-order chi connectivity index (χ0) is 11.3. The molecule has 0 atom stereocenters. The zero-order valence-corrected chi connectivity index (χ0v) is 8.89. The Labute approximate surface area is 91.5 Å². The summed E-state index contributed by atoms with van der Waals surface area (Å²) in [5, 5.41) is 18.6. The van der Waals surface area contributed by atoms with Gasteiger partial charge in [-0.1, -0.05) is 6.07 Å². The Kier molecular flexibility index (Phi) is 3.99. The lowest BCUT2D eigenvalue weighted by Gasteiger charge is -2.05. The highest BCUT2D eigenvalue weighted by molar-refractivity contribution is 7.98. The minimum atomic E-state index is -0.957. The van der Waals surface area contributed by atoms with Crippen molar-refractivity contribution in [1.82, 2.24) is 10.0 Å². The smallest absolute Gasteiger partial charge is 0.335 e. The molecule has 0 amide bonds. The van der Waals surface area contributed by atoms with Gasteiger partial charge >= 0.3 is 5.97 Å². The molecule has 0 heterocycles. The van der Waals surface area contributed by atoms with E-state index >= 15 is 0 Å². The lowest BCUT2D eigenvalue weighted by Crippen LogP contribution is -2.28. The molecule has 15 heavy (non-hydrogen) atoms. The maximum atomic E-state index is 10.7. The van der Waals surface area contributed by atoms with Gasteiger partial charge in [0.25, 0.3) is 0 Å². The Morgan fingerprint density at radius 1 is 1.53 bits per heavy atom. The van der Waals surface area contributed by atoms with Crippen molar-refractivity contribution >= 4 is 23.9 Å². The first-order valence-electron chi connectivity index (χ1n) is 4.16. The molecule has 0 bridgehead atoms. The Morgan fingerprint density at radius 3 is 2.87 bits per heavy atom. The van der Waals surface area contributed by atoms with Gasteiger partial charge in [0.15, 0.2) is 5.96 Å². The maximum absolute atomic E-state index is 10.7. The predicted molar refractivity (Wildman–Crippen MR) is 59.2 cm³/mol. The summed E-state index contributed by atoms with van der Waals surface area (Å²) in [5.41, 5.74) is 0.234. The SMILES string of the molecule is CNC(=N)NSc1cccc(C(=O)O)c1. The van der Waals surface area contributed by atoms with Crippen molar-refractivity contribution in [3.05, 3.63) is 29.8 Å². The number of carboxylic acid groups (broad SMARTS) is 1. The molecule has 0 aromatic heterocycles.